The molecule has 110 valence electrons. The molecule has 1 aliphatic rings. The van der Waals surface area contributed by atoms with Crippen molar-refractivity contribution in [3.8, 4) is 0 Å². The van der Waals surface area contributed by atoms with E-state index in [0.29, 0.717) is 24.8 Å². The van der Waals surface area contributed by atoms with Crippen LogP contribution in [-0.4, -0.2) is 36.6 Å². The number of nitrogens with one attached hydrogen (secondary N) is 2. The molecule has 0 radical (unpaired) electrons. The fraction of sp³-hybridized carbons (Fsp3) is 0.857. The highest BCUT2D eigenvalue weighted by Crippen LogP contribution is 2.20. The molecule has 1 saturated heterocycles. The molecule has 0 aromatic carbocycles. The number of carbonyl (C=O) groups excluding carboxylic acids is 1. The second kappa shape index (κ2) is 8.15. The Hall–Kier alpha value is -1.10. The average Bonchev–Trinajstić information content (AvgIpc) is 2.86. The van der Waals surface area contributed by atoms with Crippen LogP contribution in [0.4, 0.5) is 0 Å². The van der Waals surface area contributed by atoms with Crippen molar-refractivity contribution in [3.63, 3.8) is 0 Å². The molecule has 1 rings (SSSR count). The van der Waals surface area contributed by atoms with E-state index in [4.69, 9.17) is 5.11 Å². The Kier molecular flexibility index (Phi) is 6.84. The van der Waals surface area contributed by atoms with Gasteiger partial charge >= 0.3 is 5.97 Å². The largest absolute Gasteiger partial charge is 0.481 e. The molecule has 0 aromatic heterocycles. The van der Waals surface area contributed by atoms with Crippen LogP contribution in [-0.2, 0) is 9.59 Å². The number of carboxylic acids is 1. The number of hydrogen-bond donors (Lipinski definition) is 3. The number of aliphatic carboxylic acids is 1. The van der Waals surface area contributed by atoms with Gasteiger partial charge in [-0.1, -0.05) is 13.8 Å². The van der Waals surface area contributed by atoms with Gasteiger partial charge in [-0.05, 0) is 37.6 Å². The summed E-state index contributed by atoms with van der Waals surface area (Å²) in [7, 11) is 0. The predicted octanol–water partition coefficient (Wildman–Crippen LogP) is 1.24. The number of carbonyl (C=O) groups is 2. The molecule has 1 amide bonds. The zero-order chi connectivity index (χ0) is 14.3. The van der Waals surface area contributed by atoms with E-state index < -0.39 is 5.97 Å². The lowest BCUT2D eigenvalue weighted by molar-refractivity contribution is -0.137. The lowest BCUT2D eigenvalue weighted by atomic mass is 9.88. The zero-order valence-corrected chi connectivity index (χ0v) is 11.9. The molecule has 0 aromatic rings. The van der Waals surface area contributed by atoms with Gasteiger partial charge in [0.15, 0.2) is 0 Å². The summed E-state index contributed by atoms with van der Waals surface area (Å²) in [5.41, 5.74) is 0. The third-order valence-electron chi connectivity index (χ3n) is 3.92. The molecule has 5 heteroatoms. The van der Waals surface area contributed by atoms with Gasteiger partial charge in [0.05, 0.1) is 5.92 Å². The Labute approximate surface area is 115 Å². The minimum atomic E-state index is -0.744. The van der Waals surface area contributed by atoms with Crippen LogP contribution in [0.25, 0.3) is 0 Å². The Morgan fingerprint density at radius 3 is 2.63 bits per heavy atom. The van der Waals surface area contributed by atoms with Gasteiger partial charge in [0.25, 0.3) is 0 Å². The van der Waals surface area contributed by atoms with E-state index in [0.717, 1.165) is 25.9 Å². The molecule has 1 aliphatic heterocycles. The number of carboxylic acid groups (broad SMARTS) is 1. The van der Waals surface area contributed by atoms with Gasteiger partial charge in [0.1, 0.15) is 0 Å². The van der Waals surface area contributed by atoms with Crippen LogP contribution in [0.2, 0.25) is 0 Å². The predicted molar refractivity (Wildman–Crippen MR) is 73.8 cm³/mol. The van der Waals surface area contributed by atoms with Gasteiger partial charge in [-0.2, -0.15) is 0 Å². The Bertz CT molecular complexity index is 299. The summed E-state index contributed by atoms with van der Waals surface area (Å²) in [6, 6.07) is 0. The van der Waals surface area contributed by atoms with Crippen molar-refractivity contribution in [1.29, 1.82) is 0 Å². The highest BCUT2D eigenvalue weighted by molar-refractivity contribution is 5.79. The first kappa shape index (κ1) is 16.0. The second-order valence-electron chi connectivity index (χ2n) is 5.71. The number of hydrogen-bond acceptors (Lipinski definition) is 3. The fourth-order valence-corrected chi connectivity index (χ4v) is 2.52. The van der Waals surface area contributed by atoms with Gasteiger partial charge in [-0.15, -0.1) is 0 Å². The van der Waals surface area contributed by atoms with Crippen LogP contribution in [0, 0.1) is 17.8 Å². The normalized spacial score (nSPS) is 20.5. The zero-order valence-electron chi connectivity index (χ0n) is 11.9. The van der Waals surface area contributed by atoms with E-state index in [1.165, 1.54) is 0 Å². The molecule has 2 atom stereocenters. The molecule has 5 nitrogen and oxygen atoms in total. The Balaban J connectivity index is 2.23. The van der Waals surface area contributed by atoms with E-state index in [-0.39, 0.29) is 18.2 Å². The van der Waals surface area contributed by atoms with Crippen LogP contribution in [0.5, 0.6) is 0 Å². The van der Waals surface area contributed by atoms with Crippen molar-refractivity contribution in [2.24, 2.45) is 17.8 Å². The summed E-state index contributed by atoms with van der Waals surface area (Å²) in [5, 5.41) is 14.9. The average molecular weight is 270 g/mol. The number of rotatable bonds is 8. The third-order valence-corrected chi connectivity index (χ3v) is 3.92. The van der Waals surface area contributed by atoms with Crippen molar-refractivity contribution < 1.29 is 14.7 Å². The summed E-state index contributed by atoms with van der Waals surface area (Å²) in [6.07, 6.45) is 2.67. The van der Waals surface area contributed by atoms with Crippen molar-refractivity contribution >= 4 is 11.9 Å². The minimum absolute atomic E-state index is 0.108. The molecular formula is C14H26N2O3. The van der Waals surface area contributed by atoms with Crippen LogP contribution in [0.1, 0.15) is 39.5 Å². The molecule has 0 saturated carbocycles. The highest BCUT2D eigenvalue weighted by atomic mass is 16.4. The van der Waals surface area contributed by atoms with E-state index in [1.807, 2.05) is 0 Å². The monoisotopic (exact) mass is 270 g/mol. The summed E-state index contributed by atoms with van der Waals surface area (Å²) >= 11 is 0. The molecule has 1 heterocycles. The quantitative estimate of drug-likeness (QED) is 0.620. The van der Waals surface area contributed by atoms with E-state index >= 15 is 0 Å². The fourth-order valence-electron chi connectivity index (χ4n) is 2.52. The first-order chi connectivity index (χ1) is 9.00. The van der Waals surface area contributed by atoms with E-state index in [9.17, 15) is 9.59 Å². The van der Waals surface area contributed by atoms with Crippen LogP contribution >= 0.6 is 0 Å². The van der Waals surface area contributed by atoms with Crippen molar-refractivity contribution in [1.82, 2.24) is 10.6 Å². The summed E-state index contributed by atoms with van der Waals surface area (Å²) in [4.78, 5) is 22.4. The minimum Gasteiger partial charge on any atom is -0.481 e. The summed E-state index contributed by atoms with van der Waals surface area (Å²) in [6.45, 7) is 6.56. The maximum Gasteiger partial charge on any atom is 0.303 e. The van der Waals surface area contributed by atoms with Crippen molar-refractivity contribution in [2.45, 2.75) is 39.5 Å². The first-order valence-electron chi connectivity index (χ1n) is 7.21. The van der Waals surface area contributed by atoms with Gasteiger partial charge < -0.3 is 15.7 Å². The van der Waals surface area contributed by atoms with Crippen LogP contribution < -0.4 is 10.6 Å². The molecule has 0 aliphatic carbocycles. The molecule has 0 bridgehead atoms. The summed E-state index contributed by atoms with van der Waals surface area (Å²) in [5.74, 6) is 0.302. The second-order valence-corrected chi connectivity index (χ2v) is 5.71. The maximum absolute atomic E-state index is 11.8. The van der Waals surface area contributed by atoms with Gasteiger partial charge in [0, 0.05) is 19.5 Å². The lowest BCUT2D eigenvalue weighted by Crippen LogP contribution is -2.33. The van der Waals surface area contributed by atoms with Crippen molar-refractivity contribution in [3.05, 3.63) is 0 Å². The molecule has 2 unspecified atom stereocenters. The highest BCUT2D eigenvalue weighted by Gasteiger charge is 2.22. The SMILES string of the molecule is CC(C)C(CCNC(=O)C1CCNC1)CCC(=O)O. The standard InChI is InChI=1S/C14H26N2O3/c1-10(2)11(3-4-13(17)18)6-8-16-14(19)12-5-7-15-9-12/h10-12,15H,3-9H2,1-2H3,(H,16,19)(H,17,18). The molecule has 19 heavy (non-hydrogen) atoms. The van der Waals surface area contributed by atoms with Crippen LogP contribution in [0.3, 0.4) is 0 Å². The summed E-state index contributed by atoms with van der Waals surface area (Å²) < 4.78 is 0. The number of amides is 1. The Morgan fingerprint density at radius 2 is 2.11 bits per heavy atom. The molecule has 3 N–H and O–H groups in total. The lowest BCUT2D eigenvalue weighted by Gasteiger charge is -2.20. The first-order valence-corrected chi connectivity index (χ1v) is 7.21. The van der Waals surface area contributed by atoms with Gasteiger partial charge in [0.2, 0.25) is 5.91 Å². The van der Waals surface area contributed by atoms with Crippen molar-refractivity contribution in [2.75, 3.05) is 19.6 Å². The molecule has 1 fully saturated rings. The smallest absolute Gasteiger partial charge is 0.303 e. The van der Waals surface area contributed by atoms with Gasteiger partial charge in [-0.25, -0.2) is 0 Å². The molecule has 0 spiro atoms. The van der Waals surface area contributed by atoms with Gasteiger partial charge in [-0.3, -0.25) is 9.59 Å². The van der Waals surface area contributed by atoms with E-state index in [1.54, 1.807) is 0 Å². The Morgan fingerprint density at radius 1 is 1.37 bits per heavy atom. The van der Waals surface area contributed by atoms with Crippen LogP contribution in [0.15, 0.2) is 0 Å². The third kappa shape index (κ3) is 6.05. The topological polar surface area (TPSA) is 78.4 Å². The van der Waals surface area contributed by atoms with E-state index in [2.05, 4.69) is 24.5 Å². The molecular weight excluding hydrogens is 244 g/mol. The maximum atomic E-state index is 11.8.